The number of hydrogen-bond acceptors (Lipinski definition) is 2. The van der Waals surface area contributed by atoms with Gasteiger partial charge >= 0.3 is 0 Å². The Morgan fingerprint density at radius 1 is 1.77 bits per heavy atom. The number of halogens is 1. The van der Waals surface area contributed by atoms with Crippen LogP contribution in [0.1, 0.15) is 13.3 Å². The van der Waals surface area contributed by atoms with Crippen molar-refractivity contribution >= 4 is 0 Å². The second kappa shape index (κ2) is 2.79. The summed E-state index contributed by atoms with van der Waals surface area (Å²) in [6, 6.07) is 0. The molecule has 0 saturated carbocycles. The maximum atomic E-state index is 13.2. The van der Waals surface area contributed by atoms with Gasteiger partial charge in [-0.3, -0.25) is 4.90 Å². The van der Waals surface area contributed by atoms with Gasteiger partial charge in [0.25, 0.3) is 0 Å². The van der Waals surface area contributed by atoms with Crippen LogP contribution in [-0.4, -0.2) is 41.4 Å². The van der Waals surface area contributed by atoms with Crippen molar-refractivity contribution in [1.82, 2.24) is 4.90 Å². The SMILES string of the molecule is C=C1CN2CC(F)CC2(CO)C1C. The van der Waals surface area contributed by atoms with Crippen LogP contribution in [0.3, 0.4) is 0 Å². The highest BCUT2D eigenvalue weighted by Crippen LogP contribution is 2.45. The molecule has 0 aliphatic carbocycles. The number of aliphatic hydroxyl groups is 1. The first-order chi connectivity index (χ1) is 6.10. The van der Waals surface area contributed by atoms with Gasteiger partial charge in [-0.2, -0.15) is 0 Å². The van der Waals surface area contributed by atoms with E-state index >= 15 is 0 Å². The molecule has 13 heavy (non-hydrogen) atoms. The Labute approximate surface area is 78.0 Å². The third kappa shape index (κ3) is 1.07. The molecule has 3 atom stereocenters. The van der Waals surface area contributed by atoms with Crippen LogP contribution in [0.25, 0.3) is 0 Å². The Morgan fingerprint density at radius 2 is 2.46 bits per heavy atom. The fraction of sp³-hybridized carbons (Fsp3) is 0.800. The number of rotatable bonds is 1. The molecule has 0 radical (unpaired) electrons. The zero-order chi connectivity index (χ0) is 9.64. The lowest BCUT2D eigenvalue weighted by atomic mass is 9.83. The van der Waals surface area contributed by atoms with Gasteiger partial charge in [-0.25, -0.2) is 4.39 Å². The first-order valence-electron chi connectivity index (χ1n) is 4.78. The standard InChI is InChI=1S/C10H16FNO/c1-7-4-12-5-9(11)3-10(12,6-13)8(7)2/h8-9,13H,1,3-6H2,2H3. The predicted octanol–water partition coefficient (Wildman–Crippen LogP) is 0.967. The lowest BCUT2D eigenvalue weighted by molar-refractivity contribution is 0.0734. The monoisotopic (exact) mass is 185 g/mol. The van der Waals surface area contributed by atoms with Crippen molar-refractivity contribution in [2.24, 2.45) is 5.92 Å². The summed E-state index contributed by atoms with van der Waals surface area (Å²) in [5, 5.41) is 9.38. The zero-order valence-electron chi connectivity index (χ0n) is 7.96. The van der Waals surface area contributed by atoms with Crippen LogP contribution in [-0.2, 0) is 0 Å². The second-order valence-corrected chi connectivity index (χ2v) is 4.32. The van der Waals surface area contributed by atoms with Crippen LogP contribution in [0.2, 0.25) is 0 Å². The van der Waals surface area contributed by atoms with Crippen molar-refractivity contribution in [2.75, 3.05) is 19.7 Å². The van der Waals surface area contributed by atoms with E-state index in [0.29, 0.717) is 13.0 Å². The molecule has 0 aromatic heterocycles. The van der Waals surface area contributed by atoms with Crippen molar-refractivity contribution in [1.29, 1.82) is 0 Å². The van der Waals surface area contributed by atoms with Gasteiger partial charge in [-0.05, 0) is 5.92 Å². The van der Waals surface area contributed by atoms with Gasteiger partial charge in [0.05, 0.1) is 12.1 Å². The van der Waals surface area contributed by atoms with Gasteiger partial charge in [0, 0.05) is 19.5 Å². The quantitative estimate of drug-likeness (QED) is 0.615. The number of nitrogens with zero attached hydrogens (tertiary/aromatic N) is 1. The number of alkyl halides is 1. The van der Waals surface area contributed by atoms with Crippen molar-refractivity contribution in [2.45, 2.75) is 25.1 Å². The highest BCUT2D eigenvalue weighted by atomic mass is 19.1. The Hall–Kier alpha value is -0.410. The molecular formula is C10H16FNO. The summed E-state index contributed by atoms with van der Waals surface area (Å²) in [7, 11) is 0. The van der Waals surface area contributed by atoms with E-state index in [2.05, 4.69) is 6.58 Å². The lowest BCUT2D eigenvalue weighted by Crippen LogP contribution is -2.45. The van der Waals surface area contributed by atoms with Gasteiger partial charge in [-0.15, -0.1) is 0 Å². The van der Waals surface area contributed by atoms with E-state index in [-0.39, 0.29) is 18.1 Å². The smallest absolute Gasteiger partial charge is 0.115 e. The van der Waals surface area contributed by atoms with Crippen LogP contribution in [0, 0.1) is 5.92 Å². The molecule has 0 aromatic rings. The molecule has 0 aromatic carbocycles. The Bertz CT molecular complexity index is 243. The minimum atomic E-state index is -0.775. The molecule has 0 amide bonds. The van der Waals surface area contributed by atoms with E-state index < -0.39 is 6.17 Å². The van der Waals surface area contributed by atoms with E-state index in [1.807, 2.05) is 11.8 Å². The van der Waals surface area contributed by atoms with Crippen molar-refractivity contribution in [3.8, 4) is 0 Å². The van der Waals surface area contributed by atoms with Crippen molar-refractivity contribution < 1.29 is 9.50 Å². The Balaban J connectivity index is 2.30. The van der Waals surface area contributed by atoms with E-state index in [4.69, 9.17) is 0 Å². The maximum absolute atomic E-state index is 13.2. The average Bonchev–Trinajstić information content (AvgIpc) is 2.50. The van der Waals surface area contributed by atoms with E-state index in [0.717, 1.165) is 12.1 Å². The Morgan fingerprint density at radius 3 is 3.00 bits per heavy atom. The molecule has 2 fully saturated rings. The number of aliphatic hydroxyl groups excluding tert-OH is 1. The molecule has 2 saturated heterocycles. The zero-order valence-corrected chi connectivity index (χ0v) is 7.96. The van der Waals surface area contributed by atoms with E-state index in [1.165, 1.54) is 0 Å². The van der Waals surface area contributed by atoms with Crippen LogP contribution < -0.4 is 0 Å². The summed E-state index contributed by atoms with van der Waals surface area (Å²) in [5.41, 5.74) is 0.789. The third-order valence-electron chi connectivity index (χ3n) is 3.71. The molecule has 2 heterocycles. The first-order valence-corrected chi connectivity index (χ1v) is 4.78. The third-order valence-corrected chi connectivity index (χ3v) is 3.71. The fourth-order valence-corrected chi connectivity index (χ4v) is 2.73. The predicted molar refractivity (Wildman–Crippen MR) is 49.2 cm³/mol. The summed E-state index contributed by atoms with van der Waals surface area (Å²) < 4.78 is 13.2. The molecule has 0 spiro atoms. The summed E-state index contributed by atoms with van der Waals surface area (Å²) >= 11 is 0. The van der Waals surface area contributed by atoms with E-state index in [9.17, 15) is 9.50 Å². The largest absolute Gasteiger partial charge is 0.394 e. The van der Waals surface area contributed by atoms with E-state index in [1.54, 1.807) is 0 Å². The average molecular weight is 185 g/mol. The van der Waals surface area contributed by atoms with Crippen molar-refractivity contribution in [3.63, 3.8) is 0 Å². The highest BCUT2D eigenvalue weighted by Gasteiger charge is 2.53. The summed E-state index contributed by atoms with van der Waals surface area (Å²) in [4.78, 5) is 2.05. The first kappa shape index (κ1) is 9.16. The minimum Gasteiger partial charge on any atom is -0.394 e. The molecule has 3 unspecified atom stereocenters. The van der Waals surface area contributed by atoms with Crippen molar-refractivity contribution in [3.05, 3.63) is 12.2 Å². The second-order valence-electron chi connectivity index (χ2n) is 4.32. The molecular weight excluding hydrogens is 169 g/mol. The molecule has 2 rings (SSSR count). The topological polar surface area (TPSA) is 23.5 Å². The summed E-state index contributed by atoms with van der Waals surface area (Å²) in [6.07, 6.45) is -0.313. The maximum Gasteiger partial charge on any atom is 0.115 e. The van der Waals surface area contributed by atoms with Crippen LogP contribution >= 0.6 is 0 Å². The van der Waals surface area contributed by atoms with Gasteiger partial charge in [0.15, 0.2) is 0 Å². The van der Waals surface area contributed by atoms with Gasteiger partial charge < -0.3 is 5.11 Å². The number of fused-ring (bicyclic) bond motifs is 1. The van der Waals surface area contributed by atoms with Crippen LogP contribution in [0.4, 0.5) is 4.39 Å². The minimum absolute atomic E-state index is 0.0492. The molecule has 2 aliphatic rings. The lowest BCUT2D eigenvalue weighted by Gasteiger charge is -2.32. The normalized spacial score (nSPS) is 45.6. The molecule has 2 nitrogen and oxygen atoms in total. The molecule has 2 aliphatic heterocycles. The fourth-order valence-electron chi connectivity index (χ4n) is 2.73. The van der Waals surface area contributed by atoms with Crippen LogP contribution in [0.15, 0.2) is 12.2 Å². The summed E-state index contributed by atoms with van der Waals surface area (Å²) in [6.45, 7) is 7.26. The van der Waals surface area contributed by atoms with Crippen LogP contribution in [0.5, 0.6) is 0 Å². The molecule has 0 bridgehead atoms. The molecule has 1 N–H and O–H groups in total. The van der Waals surface area contributed by atoms with Gasteiger partial charge in [0.1, 0.15) is 6.17 Å². The highest BCUT2D eigenvalue weighted by molar-refractivity contribution is 5.23. The molecule has 3 heteroatoms. The molecule has 74 valence electrons. The summed E-state index contributed by atoms with van der Waals surface area (Å²) in [5.74, 6) is 0.221. The Kier molecular flexibility index (Phi) is 1.96. The number of hydrogen-bond donors (Lipinski definition) is 1. The van der Waals surface area contributed by atoms with Gasteiger partial charge in [0.2, 0.25) is 0 Å². The van der Waals surface area contributed by atoms with Gasteiger partial charge in [-0.1, -0.05) is 19.1 Å².